The second-order valence-electron chi connectivity index (χ2n) is 7.27. The molecule has 1 aliphatic rings. The van der Waals surface area contributed by atoms with Crippen molar-refractivity contribution in [1.29, 1.82) is 0 Å². The van der Waals surface area contributed by atoms with Crippen LogP contribution in [0.2, 0.25) is 0 Å². The molecule has 5 nitrogen and oxygen atoms in total. The van der Waals surface area contributed by atoms with Crippen LogP contribution in [0.15, 0.2) is 53.5 Å². The molecule has 0 aliphatic carbocycles. The Hall–Kier alpha value is -2.82. The summed E-state index contributed by atoms with van der Waals surface area (Å²) < 4.78 is 0. The molecule has 0 radical (unpaired) electrons. The molecule has 5 heteroatoms. The van der Waals surface area contributed by atoms with E-state index in [9.17, 15) is 4.79 Å². The van der Waals surface area contributed by atoms with Crippen molar-refractivity contribution >= 4 is 11.9 Å². The number of rotatable bonds is 7. The Bertz CT molecular complexity index is 814. The molecular weight excluding hydrogens is 348 g/mol. The van der Waals surface area contributed by atoms with Gasteiger partial charge < -0.3 is 15.5 Å². The van der Waals surface area contributed by atoms with E-state index in [0.29, 0.717) is 26.1 Å². The van der Waals surface area contributed by atoms with Crippen molar-refractivity contribution in [3.63, 3.8) is 0 Å². The molecule has 3 rings (SSSR count). The van der Waals surface area contributed by atoms with Gasteiger partial charge in [-0.15, -0.1) is 0 Å². The van der Waals surface area contributed by atoms with Crippen molar-refractivity contribution in [2.45, 2.75) is 46.3 Å². The van der Waals surface area contributed by atoms with Crippen LogP contribution in [0.3, 0.4) is 0 Å². The minimum absolute atomic E-state index is 0.269. The van der Waals surface area contributed by atoms with Crippen LogP contribution in [-0.2, 0) is 24.4 Å². The number of guanidine groups is 1. The van der Waals surface area contributed by atoms with Gasteiger partial charge in [0.25, 0.3) is 0 Å². The summed E-state index contributed by atoms with van der Waals surface area (Å²) in [5, 5.41) is 6.69. The molecule has 0 saturated carbocycles. The first-order valence-electron chi connectivity index (χ1n) is 10.1. The smallest absolute Gasteiger partial charge is 0.222 e. The molecule has 1 aliphatic heterocycles. The molecule has 0 atom stereocenters. The molecule has 2 aromatic rings. The molecule has 148 valence electrons. The summed E-state index contributed by atoms with van der Waals surface area (Å²) in [6.45, 7) is 7.95. The Kier molecular flexibility index (Phi) is 7.06. The summed E-state index contributed by atoms with van der Waals surface area (Å²) in [6.07, 6.45) is 1.67. The first-order valence-corrected chi connectivity index (χ1v) is 10.1. The highest BCUT2D eigenvalue weighted by atomic mass is 16.2. The van der Waals surface area contributed by atoms with E-state index in [1.165, 1.54) is 22.3 Å². The lowest BCUT2D eigenvalue weighted by atomic mass is 10.1. The Morgan fingerprint density at radius 1 is 1.07 bits per heavy atom. The fourth-order valence-electron chi connectivity index (χ4n) is 3.36. The number of nitrogens with one attached hydrogen (secondary N) is 2. The highest BCUT2D eigenvalue weighted by Crippen LogP contribution is 2.14. The van der Waals surface area contributed by atoms with Crippen molar-refractivity contribution in [2.24, 2.45) is 4.99 Å². The Morgan fingerprint density at radius 3 is 2.54 bits per heavy atom. The minimum atomic E-state index is 0.269. The fraction of sp³-hybridized carbons (Fsp3) is 0.391. The van der Waals surface area contributed by atoms with Gasteiger partial charge in [-0.25, -0.2) is 4.99 Å². The molecule has 1 fully saturated rings. The Morgan fingerprint density at radius 2 is 1.86 bits per heavy atom. The van der Waals surface area contributed by atoms with Gasteiger partial charge in [0.2, 0.25) is 5.91 Å². The third kappa shape index (κ3) is 5.84. The van der Waals surface area contributed by atoms with Gasteiger partial charge >= 0.3 is 0 Å². The number of benzene rings is 2. The maximum absolute atomic E-state index is 11.8. The Balaban J connectivity index is 1.54. The second kappa shape index (κ2) is 9.93. The number of aryl methyl sites for hydroxylation is 1. The summed E-state index contributed by atoms with van der Waals surface area (Å²) in [6, 6.07) is 16.9. The van der Waals surface area contributed by atoms with Crippen molar-refractivity contribution in [3.8, 4) is 0 Å². The molecule has 2 N–H and O–H groups in total. The van der Waals surface area contributed by atoms with Crippen LogP contribution in [-0.4, -0.2) is 29.9 Å². The second-order valence-corrected chi connectivity index (χ2v) is 7.27. The number of nitrogens with zero attached hydrogens (tertiary/aromatic N) is 2. The molecule has 28 heavy (non-hydrogen) atoms. The van der Waals surface area contributed by atoms with E-state index >= 15 is 0 Å². The molecule has 0 unspecified atom stereocenters. The van der Waals surface area contributed by atoms with Crippen molar-refractivity contribution in [2.75, 3.05) is 13.1 Å². The lowest BCUT2D eigenvalue weighted by molar-refractivity contribution is -0.128. The zero-order chi connectivity index (χ0) is 19.8. The van der Waals surface area contributed by atoms with Gasteiger partial charge in [0.05, 0.1) is 6.54 Å². The summed E-state index contributed by atoms with van der Waals surface area (Å²) in [5.74, 6) is 1.08. The van der Waals surface area contributed by atoms with Crippen LogP contribution in [0, 0.1) is 6.92 Å². The summed E-state index contributed by atoms with van der Waals surface area (Å²) >= 11 is 0. The molecule has 1 amide bonds. The zero-order valence-corrected chi connectivity index (χ0v) is 16.9. The topological polar surface area (TPSA) is 56.7 Å². The first kappa shape index (κ1) is 19.9. The highest BCUT2D eigenvalue weighted by Gasteiger charge is 2.19. The largest absolute Gasteiger partial charge is 0.357 e. The summed E-state index contributed by atoms with van der Waals surface area (Å²) in [4.78, 5) is 18.4. The molecule has 1 saturated heterocycles. The van der Waals surface area contributed by atoms with Crippen LogP contribution in [0.5, 0.6) is 0 Å². The lowest BCUT2D eigenvalue weighted by Crippen LogP contribution is -2.36. The van der Waals surface area contributed by atoms with E-state index in [-0.39, 0.29) is 5.91 Å². The van der Waals surface area contributed by atoms with Gasteiger partial charge in [-0.2, -0.15) is 0 Å². The molecule has 0 spiro atoms. The monoisotopic (exact) mass is 378 g/mol. The number of hydrogen-bond donors (Lipinski definition) is 2. The molecular formula is C23H30N4O. The molecule has 0 aromatic heterocycles. The predicted molar refractivity (Wildman–Crippen MR) is 114 cm³/mol. The number of carbonyl (C=O) groups is 1. The minimum Gasteiger partial charge on any atom is -0.357 e. The van der Waals surface area contributed by atoms with Gasteiger partial charge in [0, 0.05) is 32.6 Å². The van der Waals surface area contributed by atoms with E-state index in [1.54, 1.807) is 0 Å². The number of hydrogen-bond acceptors (Lipinski definition) is 2. The van der Waals surface area contributed by atoms with E-state index < -0.39 is 0 Å². The average Bonchev–Trinajstić information content (AvgIpc) is 3.10. The zero-order valence-electron chi connectivity index (χ0n) is 16.9. The van der Waals surface area contributed by atoms with Gasteiger partial charge in [-0.3, -0.25) is 4.79 Å². The van der Waals surface area contributed by atoms with E-state index in [0.717, 1.165) is 25.5 Å². The lowest BCUT2D eigenvalue weighted by Gasteiger charge is -2.16. The quantitative estimate of drug-likeness (QED) is 0.574. The normalized spacial score (nSPS) is 14.4. The SMILES string of the molecule is CCNC(=NCc1cccc(C)c1)NCc1ccc(CN2CCCC2=O)cc1. The summed E-state index contributed by atoms with van der Waals surface area (Å²) in [5.41, 5.74) is 4.83. The number of likely N-dealkylation sites (tertiary alicyclic amines) is 1. The third-order valence-electron chi connectivity index (χ3n) is 4.87. The first-order chi connectivity index (χ1) is 13.6. The average molecular weight is 379 g/mol. The maximum Gasteiger partial charge on any atom is 0.222 e. The number of aliphatic imine (C=N–C) groups is 1. The molecule has 1 heterocycles. The van der Waals surface area contributed by atoms with E-state index in [4.69, 9.17) is 0 Å². The fourth-order valence-corrected chi connectivity index (χ4v) is 3.36. The Labute approximate surface area is 167 Å². The van der Waals surface area contributed by atoms with Crippen molar-refractivity contribution in [3.05, 3.63) is 70.8 Å². The summed E-state index contributed by atoms with van der Waals surface area (Å²) in [7, 11) is 0. The number of carbonyl (C=O) groups excluding carboxylic acids is 1. The van der Waals surface area contributed by atoms with Crippen molar-refractivity contribution in [1.82, 2.24) is 15.5 Å². The van der Waals surface area contributed by atoms with Gasteiger partial charge in [-0.1, -0.05) is 54.1 Å². The van der Waals surface area contributed by atoms with Gasteiger partial charge in [0.15, 0.2) is 5.96 Å². The molecule has 2 aromatic carbocycles. The standard InChI is InChI=1S/C23H30N4O/c1-3-24-23(26-16-21-7-4-6-18(2)14-21)25-15-19-9-11-20(12-10-19)17-27-13-5-8-22(27)28/h4,6-7,9-12,14H,3,5,8,13,15-17H2,1-2H3,(H2,24,25,26). The third-order valence-corrected chi connectivity index (χ3v) is 4.87. The number of amides is 1. The highest BCUT2D eigenvalue weighted by molar-refractivity contribution is 5.79. The van der Waals surface area contributed by atoms with Crippen LogP contribution >= 0.6 is 0 Å². The van der Waals surface area contributed by atoms with E-state index in [1.807, 2.05) is 4.90 Å². The maximum atomic E-state index is 11.8. The van der Waals surface area contributed by atoms with Gasteiger partial charge in [0.1, 0.15) is 0 Å². The van der Waals surface area contributed by atoms with Crippen LogP contribution in [0.1, 0.15) is 42.0 Å². The van der Waals surface area contributed by atoms with Gasteiger partial charge in [-0.05, 0) is 37.0 Å². The van der Waals surface area contributed by atoms with Crippen LogP contribution in [0.25, 0.3) is 0 Å². The van der Waals surface area contributed by atoms with Crippen LogP contribution in [0.4, 0.5) is 0 Å². The predicted octanol–water partition coefficient (Wildman–Crippen LogP) is 3.37. The van der Waals surface area contributed by atoms with E-state index in [2.05, 4.69) is 78.0 Å². The van der Waals surface area contributed by atoms with Crippen LogP contribution < -0.4 is 10.6 Å². The van der Waals surface area contributed by atoms with Crippen molar-refractivity contribution < 1.29 is 4.79 Å². The molecule has 0 bridgehead atoms.